The standard InChI is InChI=1S/C34H43N3O8S/c1-4-5-6-7-8-9-10-11-32(38)45-24-28-16-13-27(23-36-28)34(40)37-46(41,42)29-17-14-26(15-18-29)33(39)35-21-20-25-12-19-30(43-2)31(22-25)44-3/h12-19,22-23H,4-11,20-21,24H2,1-3H3,(H,35,39)(H,37,40). The summed E-state index contributed by atoms with van der Waals surface area (Å²) in [6, 6.07) is 13.7. The van der Waals surface area contributed by atoms with Crippen LogP contribution in [0, 0.1) is 0 Å². The first kappa shape index (κ1) is 36.0. The lowest BCUT2D eigenvalue weighted by Crippen LogP contribution is -2.31. The van der Waals surface area contributed by atoms with Gasteiger partial charge in [-0.15, -0.1) is 0 Å². The lowest BCUT2D eigenvalue weighted by molar-refractivity contribution is -0.145. The van der Waals surface area contributed by atoms with Crippen LogP contribution in [-0.2, 0) is 32.6 Å². The summed E-state index contributed by atoms with van der Waals surface area (Å²) >= 11 is 0. The predicted molar refractivity (Wildman–Crippen MR) is 173 cm³/mol. The van der Waals surface area contributed by atoms with Gasteiger partial charge in [-0.2, -0.15) is 0 Å². The highest BCUT2D eigenvalue weighted by atomic mass is 32.2. The number of methoxy groups -OCH3 is 2. The van der Waals surface area contributed by atoms with E-state index in [2.05, 4.69) is 17.2 Å². The molecule has 1 aromatic heterocycles. The number of unbranched alkanes of at least 4 members (excludes halogenated alkanes) is 6. The van der Waals surface area contributed by atoms with Crippen LogP contribution in [0.4, 0.5) is 0 Å². The predicted octanol–water partition coefficient (Wildman–Crippen LogP) is 5.37. The minimum atomic E-state index is -4.22. The van der Waals surface area contributed by atoms with Crippen molar-refractivity contribution in [3.05, 3.63) is 83.2 Å². The van der Waals surface area contributed by atoms with Crippen molar-refractivity contribution in [2.45, 2.75) is 76.2 Å². The number of rotatable bonds is 19. The molecule has 0 bridgehead atoms. The number of amides is 2. The van der Waals surface area contributed by atoms with Gasteiger partial charge in [0.15, 0.2) is 11.5 Å². The summed E-state index contributed by atoms with van der Waals surface area (Å²) in [7, 11) is -1.11. The number of benzene rings is 2. The second kappa shape index (κ2) is 18.5. The van der Waals surface area contributed by atoms with Gasteiger partial charge in [-0.1, -0.05) is 51.5 Å². The third-order valence-corrected chi connectivity index (χ3v) is 8.60. The third-order valence-electron chi connectivity index (χ3n) is 7.25. The number of ether oxygens (including phenoxy) is 3. The molecule has 46 heavy (non-hydrogen) atoms. The molecule has 0 spiro atoms. The Hall–Kier alpha value is -4.45. The number of sulfonamides is 1. The number of nitrogens with one attached hydrogen (secondary N) is 2. The molecule has 2 N–H and O–H groups in total. The van der Waals surface area contributed by atoms with E-state index >= 15 is 0 Å². The van der Waals surface area contributed by atoms with Crippen LogP contribution < -0.4 is 19.5 Å². The van der Waals surface area contributed by atoms with E-state index in [1.165, 1.54) is 68.3 Å². The molecule has 0 atom stereocenters. The average Bonchev–Trinajstić information content (AvgIpc) is 3.06. The number of carbonyl (C=O) groups is 3. The van der Waals surface area contributed by atoms with Crippen LogP contribution >= 0.6 is 0 Å². The van der Waals surface area contributed by atoms with Crippen molar-refractivity contribution in [1.82, 2.24) is 15.0 Å². The second-order valence-corrected chi connectivity index (χ2v) is 12.4. The van der Waals surface area contributed by atoms with Gasteiger partial charge in [-0.05, 0) is 66.9 Å². The number of hydrogen-bond donors (Lipinski definition) is 2. The van der Waals surface area contributed by atoms with Gasteiger partial charge < -0.3 is 19.5 Å². The first-order valence-corrected chi connectivity index (χ1v) is 16.9. The Morgan fingerprint density at radius 2 is 1.46 bits per heavy atom. The van der Waals surface area contributed by atoms with E-state index in [9.17, 15) is 22.8 Å². The molecular formula is C34H43N3O8S. The minimum Gasteiger partial charge on any atom is -0.493 e. The Labute approximate surface area is 271 Å². The highest BCUT2D eigenvalue weighted by molar-refractivity contribution is 7.90. The van der Waals surface area contributed by atoms with E-state index in [4.69, 9.17) is 14.2 Å². The van der Waals surface area contributed by atoms with Crippen molar-refractivity contribution >= 4 is 27.8 Å². The van der Waals surface area contributed by atoms with Gasteiger partial charge in [0.05, 0.1) is 30.4 Å². The summed E-state index contributed by atoms with van der Waals surface area (Å²) in [6.45, 7) is 2.49. The van der Waals surface area contributed by atoms with Crippen molar-refractivity contribution in [3.8, 4) is 11.5 Å². The van der Waals surface area contributed by atoms with Crippen molar-refractivity contribution in [3.63, 3.8) is 0 Å². The summed E-state index contributed by atoms with van der Waals surface area (Å²) in [6.07, 6.45) is 9.85. The number of hydrogen-bond acceptors (Lipinski definition) is 9. The van der Waals surface area contributed by atoms with E-state index in [0.29, 0.717) is 36.6 Å². The third kappa shape index (κ3) is 11.5. The molecule has 248 valence electrons. The highest BCUT2D eigenvalue weighted by Gasteiger charge is 2.20. The van der Waals surface area contributed by atoms with Crippen LogP contribution in [0.3, 0.4) is 0 Å². The van der Waals surface area contributed by atoms with Crippen molar-refractivity contribution in [2.24, 2.45) is 0 Å². The zero-order valence-corrected chi connectivity index (χ0v) is 27.5. The molecule has 0 aliphatic rings. The Kier molecular flexibility index (Phi) is 14.5. The molecule has 0 fully saturated rings. The van der Waals surface area contributed by atoms with Crippen molar-refractivity contribution in [2.75, 3.05) is 20.8 Å². The fourth-order valence-corrected chi connectivity index (χ4v) is 5.56. The maximum atomic E-state index is 12.8. The Morgan fingerprint density at radius 3 is 2.11 bits per heavy atom. The Bertz CT molecular complexity index is 1540. The van der Waals surface area contributed by atoms with Crippen LogP contribution in [0.5, 0.6) is 11.5 Å². The van der Waals surface area contributed by atoms with Crippen molar-refractivity contribution in [1.29, 1.82) is 0 Å². The monoisotopic (exact) mass is 653 g/mol. The van der Waals surface area contributed by atoms with Gasteiger partial charge in [0.1, 0.15) is 6.61 Å². The van der Waals surface area contributed by atoms with E-state index < -0.39 is 15.9 Å². The molecule has 0 saturated carbocycles. The summed E-state index contributed by atoms with van der Waals surface area (Å²) in [5.41, 5.74) is 1.66. The topological polar surface area (TPSA) is 150 Å². The quantitative estimate of drug-likeness (QED) is 0.129. The molecule has 0 aliphatic heterocycles. The van der Waals surface area contributed by atoms with Gasteiger partial charge in [-0.3, -0.25) is 19.4 Å². The number of pyridine rings is 1. The molecule has 0 unspecified atom stereocenters. The van der Waals surface area contributed by atoms with Gasteiger partial charge in [0.25, 0.3) is 21.8 Å². The smallest absolute Gasteiger partial charge is 0.306 e. The van der Waals surface area contributed by atoms with E-state index in [1.807, 2.05) is 16.9 Å². The maximum absolute atomic E-state index is 12.8. The number of esters is 1. The molecule has 2 aromatic carbocycles. The molecule has 12 heteroatoms. The number of aromatic nitrogens is 1. The molecule has 0 radical (unpaired) electrons. The largest absolute Gasteiger partial charge is 0.493 e. The second-order valence-electron chi connectivity index (χ2n) is 10.7. The first-order valence-electron chi connectivity index (χ1n) is 15.4. The van der Waals surface area contributed by atoms with E-state index in [1.54, 1.807) is 20.3 Å². The molecule has 3 rings (SSSR count). The molecule has 3 aromatic rings. The van der Waals surface area contributed by atoms with Gasteiger partial charge in [-0.25, -0.2) is 13.1 Å². The normalized spacial score (nSPS) is 11.0. The van der Waals surface area contributed by atoms with Crippen LogP contribution in [0.2, 0.25) is 0 Å². The minimum absolute atomic E-state index is 0.0206. The van der Waals surface area contributed by atoms with Crippen LogP contribution in [-0.4, -0.2) is 51.9 Å². The lowest BCUT2D eigenvalue weighted by atomic mass is 10.1. The maximum Gasteiger partial charge on any atom is 0.306 e. The van der Waals surface area contributed by atoms with Crippen LogP contribution in [0.1, 0.15) is 90.3 Å². The number of carbonyl (C=O) groups excluding carboxylic acids is 3. The summed E-state index contributed by atoms with van der Waals surface area (Å²) in [5, 5.41) is 2.80. The summed E-state index contributed by atoms with van der Waals surface area (Å²) in [5.74, 6) is -0.341. The summed E-state index contributed by atoms with van der Waals surface area (Å²) in [4.78, 5) is 41.2. The van der Waals surface area contributed by atoms with Crippen LogP contribution in [0.25, 0.3) is 0 Å². The van der Waals surface area contributed by atoms with Gasteiger partial charge in [0.2, 0.25) is 0 Å². The molecular weight excluding hydrogens is 610 g/mol. The fourth-order valence-electron chi connectivity index (χ4n) is 4.58. The van der Waals surface area contributed by atoms with Crippen molar-refractivity contribution < 1.29 is 37.0 Å². The zero-order valence-electron chi connectivity index (χ0n) is 26.7. The summed E-state index contributed by atoms with van der Waals surface area (Å²) < 4.78 is 43.4. The molecule has 0 aliphatic carbocycles. The molecule has 2 amide bonds. The van der Waals surface area contributed by atoms with E-state index in [0.717, 1.165) is 24.8 Å². The number of nitrogens with zero attached hydrogens (tertiary/aromatic N) is 1. The van der Waals surface area contributed by atoms with E-state index in [-0.39, 0.29) is 34.5 Å². The fraction of sp³-hybridized carbons (Fsp3) is 0.412. The SMILES string of the molecule is CCCCCCCCCC(=O)OCc1ccc(C(=O)NS(=O)(=O)c2ccc(C(=O)NCCc3ccc(OC)c(OC)c3)cc2)cn1. The van der Waals surface area contributed by atoms with Gasteiger partial charge >= 0.3 is 5.97 Å². The van der Waals surface area contributed by atoms with Gasteiger partial charge in [0, 0.05) is 24.7 Å². The Balaban J connectivity index is 1.43. The average molecular weight is 654 g/mol. The molecule has 0 saturated heterocycles. The lowest BCUT2D eigenvalue weighted by Gasteiger charge is -2.10. The molecule has 11 nitrogen and oxygen atoms in total. The Morgan fingerprint density at radius 1 is 0.783 bits per heavy atom. The molecule has 1 heterocycles. The van der Waals surface area contributed by atoms with Crippen LogP contribution in [0.15, 0.2) is 65.7 Å². The first-order chi connectivity index (χ1) is 22.2. The highest BCUT2D eigenvalue weighted by Crippen LogP contribution is 2.27. The zero-order chi connectivity index (χ0) is 33.4.